The molecule has 0 aromatic rings. The van der Waals surface area contributed by atoms with Crippen molar-refractivity contribution in [1.29, 1.82) is 0 Å². The van der Waals surface area contributed by atoms with Gasteiger partial charge in [-0.05, 0) is 13.8 Å². The molecular formula is C12H23N3O2. The van der Waals surface area contributed by atoms with Gasteiger partial charge in [-0.25, -0.2) is 0 Å². The summed E-state index contributed by atoms with van der Waals surface area (Å²) in [6, 6.07) is 0. The van der Waals surface area contributed by atoms with Gasteiger partial charge >= 0.3 is 0 Å². The average Bonchev–Trinajstić information content (AvgIpc) is 2.31. The molecule has 0 saturated carbocycles. The molecule has 1 heterocycles. The minimum absolute atomic E-state index is 0.125. The van der Waals surface area contributed by atoms with Crippen molar-refractivity contribution in [3.63, 3.8) is 0 Å². The monoisotopic (exact) mass is 241 g/mol. The summed E-state index contributed by atoms with van der Waals surface area (Å²) in [5.74, 6) is 0.311. The Morgan fingerprint density at radius 2 is 1.59 bits per heavy atom. The summed E-state index contributed by atoms with van der Waals surface area (Å²) in [6.45, 7) is 10.7. The van der Waals surface area contributed by atoms with E-state index in [-0.39, 0.29) is 11.8 Å². The Morgan fingerprint density at radius 3 is 2.00 bits per heavy atom. The zero-order chi connectivity index (χ0) is 12.8. The molecule has 1 aliphatic rings. The normalized spacial score (nSPS) is 17.0. The summed E-state index contributed by atoms with van der Waals surface area (Å²) in [5.41, 5.74) is 0. The molecule has 98 valence electrons. The van der Waals surface area contributed by atoms with Gasteiger partial charge in [0.15, 0.2) is 0 Å². The maximum Gasteiger partial charge on any atom is 0.236 e. The average molecular weight is 241 g/mol. The lowest BCUT2D eigenvalue weighted by atomic mass is 10.3. The van der Waals surface area contributed by atoms with Gasteiger partial charge < -0.3 is 9.80 Å². The van der Waals surface area contributed by atoms with E-state index in [0.717, 1.165) is 39.3 Å². The quantitative estimate of drug-likeness (QED) is 0.697. The van der Waals surface area contributed by atoms with Crippen molar-refractivity contribution in [2.24, 2.45) is 0 Å². The van der Waals surface area contributed by atoms with Crippen LogP contribution in [0.4, 0.5) is 0 Å². The van der Waals surface area contributed by atoms with Gasteiger partial charge in [-0.2, -0.15) is 0 Å². The van der Waals surface area contributed by atoms with Crippen molar-refractivity contribution in [1.82, 2.24) is 14.7 Å². The highest BCUT2D eigenvalue weighted by atomic mass is 16.2. The molecule has 1 aliphatic heterocycles. The summed E-state index contributed by atoms with van der Waals surface area (Å²) in [6.07, 6.45) is 0. The molecule has 0 spiro atoms. The van der Waals surface area contributed by atoms with Crippen LogP contribution in [-0.4, -0.2) is 72.3 Å². The molecule has 5 nitrogen and oxygen atoms in total. The predicted octanol–water partition coefficient (Wildman–Crippen LogP) is 0.0189. The number of hydrogen-bond acceptors (Lipinski definition) is 3. The fraction of sp³-hybridized carbons (Fsp3) is 0.833. The molecule has 5 heteroatoms. The van der Waals surface area contributed by atoms with Gasteiger partial charge in [0.05, 0.1) is 6.54 Å². The lowest BCUT2D eigenvalue weighted by Crippen LogP contribution is -2.51. The molecule has 0 aromatic carbocycles. The number of nitrogens with zero attached hydrogens (tertiary/aromatic N) is 3. The van der Waals surface area contributed by atoms with Crippen molar-refractivity contribution in [3.8, 4) is 0 Å². The first-order valence-corrected chi connectivity index (χ1v) is 6.34. The molecule has 0 unspecified atom stereocenters. The molecule has 1 rings (SSSR count). The van der Waals surface area contributed by atoms with Crippen LogP contribution in [0.1, 0.15) is 20.8 Å². The van der Waals surface area contributed by atoms with Crippen LogP contribution in [0, 0.1) is 0 Å². The second-order valence-electron chi connectivity index (χ2n) is 4.35. The molecule has 0 N–H and O–H groups in total. The van der Waals surface area contributed by atoms with E-state index in [2.05, 4.69) is 4.90 Å². The first kappa shape index (κ1) is 14.0. The van der Waals surface area contributed by atoms with E-state index in [1.54, 1.807) is 6.92 Å². The van der Waals surface area contributed by atoms with Crippen LogP contribution in [0.5, 0.6) is 0 Å². The van der Waals surface area contributed by atoms with E-state index in [0.29, 0.717) is 6.54 Å². The van der Waals surface area contributed by atoms with Gasteiger partial charge in [0, 0.05) is 46.2 Å². The third-order valence-electron chi connectivity index (χ3n) is 3.29. The predicted molar refractivity (Wildman–Crippen MR) is 66.6 cm³/mol. The van der Waals surface area contributed by atoms with Crippen LogP contribution in [0.2, 0.25) is 0 Å². The Hall–Kier alpha value is -1.10. The molecular weight excluding hydrogens is 218 g/mol. The number of likely N-dealkylation sites (N-methyl/N-ethyl adjacent to an activating group) is 1. The van der Waals surface area contributed by atoms with Crippen molar-refractivity contribution in [2.75, 3.05) is 45.8 Å². The zero-order valence-corrected chi connectivity index (χ0v) is 11.1. The minimum Gasteiger partial charge on any atom is -0.342 e. The molecule has 0 atom stereocenters. The smallest absolute Gasteiger partial charge is 0.236 e. The summed E-state index contributed by atoms with van der Waals surface area (Å²) in [7, 11) is 0. The highest BCUT2D eigenvalue weighted by Gasteiger charge is 2.21. The lowest BCUT2D eigenvalue weighted by Gasteiger charge is -2.34. The molecule has 1 fully saturated rings. The van der Waals surface area contributed by atoms with Crippen molar-refractivity contribution in [3.05, 3.63) is 0 Å². The van der Waals surface area contributed by atoms with Crippen LogP contribution in [0.3, 0.4) is 0 Å². The SMILES string of the molecule is CCN(CC)C(=O)CN1CCN(C(C)=O)CC1. The number of carbonyl (C=O) groups is 2. The van der Waals surface area contributed by atoms with Crippen molar-refractivity contribution < 1.29 is 9.59 Å². The Morgan fingerprint density at radius 1 is 1.06 bits per heavy atom. The Kier molecular flexibility index (Phi) is 5.41. The minimum atomic E-state index is 0.125. The van der Waals surface area contributed by atoms with Crippen LogP contribution < -0.4 is 0 Å². The van der Waals surface area contributed by atoms with Gasteiger partial charge in [-0.3, -0.25) is 14.5 Å². The molecule has 17 heavy (non-hydrogen) atoms. The van der Waals surface area contributed by atoms with Crippen LogP contribution in [-0.2, 0) is 9.59 Å². The van der Waals surface area contributed by atoms with Crippen LogP contribution in [0.15, 0.2) is 0 Å². The fourth-order valence-corrected chi connectivity index (χ4v) is 2.09. The second-order valence-corrected chi connectivity index (χ2v) is 4.35. The summed E-state index contributed by atoms with van der Waals surface area (Å²) in [5, 5.41) is 0. The molecule has 1 saturated heterocycles. The van der Waals surface area contributed by atoms with E-state index < -0.39 is 0 Å². The maximum atomic E-state index is 11.9. The zero-order valence-electron chi connectivity index (χ0n) is 11.1. The largest absolute Gasteiger partial charge is 0.342 e. The summed E-state index contributed by atoms with van der Waals surface area (Å²) >= 11 is 0. The van der Waals surface area contributed by atoms with E-state index in [1.807, 2.05) is 23.6 Å². The Bertz CT molecular complexity index is 269. The van der Waals surface area contributed by atoms with Gasteiger partial charge in [0.25, 0.3) is 0 Å². The number of piperazine rings is 1. The Labute approximate surface area is 103 Å². The first-order chi connectivity index (χ1) is 8.08. The highest BCUT2D eigenvalue weighted by molar-refractivity contribution is 5.78. The van der Waals surface area contributed by atoms with Gasteiger partial charge in [-0.1, -0.05) is 0 Å². The molecule has 0 aromatic heterocycles. The van der Waals surface area contributed by atoms with Crippen molar-refractivity contribution in [2.45, 2.75) is 20.8 Å². The summed E-state index contributed by atoms with van der Waals surface area (Å²) < 4.78 is 0. The Balaban J connectivity index is 2.35. The van der Waals surface area contributed by atoms with E-state index in [1.165, 1.54) is 0 Å². The number of amides is 2. The standard InChI is InChI=1S/C12H23N3O2/c1-4-14(5-2)12(17)10-13-6-8-15(9-7-13)11(3)16/h4-10H2,1-3H3. The van der Waals surface area contributed by atoms with Gasteiger partial charge in [0.1, 0.15) is 0 Å². The molecule has 0 aliphatic carbocycles. The molecule has 0 bridgehead atoms. The second kappa shape index (κ2) is 6.59. The van der Waals surface area contributed by atoms with Crippen molar-refractivity contribution >= 4 is 11.8 Å². The lowest BCUT2D eigenvalue weighted by molar-refractivity contribution is -0.133. The first-order valence-electron chi connectivity index (χ1n) is 6.34. The van der Waals surface area contributed by atoms with Crippen LogP contribution in [0.25, 0.3) is 0 Å². The fourth-order valence-electron chi connectivity index (χ4n) is 2.09. The number of hydrogen-bond donors (Lipinski definition) is 0. The molecule has 2 amide bonds. The van der Waals surface area contributed by atoms with E-state index >= 15 is 0 Å². The van der Waals surface area contributed by atoms with Gasteiger partial charge in [0.2, 0.25) is 11.8 Å². The maximum absolute atomic E-state index is 11.9. The molecule has 0 radical (unpaired) electrons. The topological polar surface area (TPSA) is 43.9 Å². The number of rotatable bonds is 4. The van der Waals surface area contributed by atoms with Gasteiger partial charge in [-0.15, -0.1) is 0 Å². The number of carbonyl (C=O) groups excluding carboxylic acids is 2. The third kappa shape index (κ3) is 4.00. The van der Waals surface area contributed by atoms with Crippen LogP contribution >= 0.6 is 0 Å². The summed E-state index contributed by atoms with van der Waals surface area (Å²) in [4.78, 5) is 28.9. The highest BCUT2D eigenvalue weighted by Crippen LogP contribution is 2.02. The third-order valence-corrected chi connectivity index (χ3v) is 3.29. The van der Waals surface area contributed by atoms with E-state index in [9.17, 15) is 9.59 Å². The van der Waals surface area contributed by atoms with E-state index in [4.69, 9.17) is 0 Å².